The molecule has 0 amide bonds. The fourth-order valence-electron chi connectivity index (χ4n) is 8.79. The van der Waals surface area contributed by atoms with Crippen LogP contribution in [0.2, 0.25) is 0 Å². The van der Waals surface area contributed by atoms with Crippen molar-refractivity contribution in [3.63, 3.8) is 0 Å². The Morgan fingerprint density at radius 3 is 2.32 bits per heavy atom. The second kappa shape index (κ2) is 10.5. The number of rotatable bonds is 7. The van der Waals surface area contributed by atoms with Crippen LogP contribution in [0.4, 0.5) is 0 Å². The standard InChI is InChI=1S/C29H41NO6.CH4/c1-27-17-19(6-11-31)23-16-25-21(7-12-32)22(8-13-33)26(30(2)3)18-28(25,34)9-4-20(23)24(27)5-10-29(27)35-14-15-36-29;/h11-13,16,19,21-22,24,26,34H,4-10,14-15,17-18H2,1-3H3;1H4/t19?,21-,22-,24-,26-,27-,28+;/m0./s1. The SMILES string of the molecule is C.CN(C)[C@H]1C[C@]2(O)CCC3=C(C=C2[C@@H](CC=O)[C@@H]1CC=O)C(CC=O)C[C@@]1(C)[C@H]3CCC12OCCO2. The Kier molecular flexibility index (Phi) is 8.03. The number of hydrogen-bond acceptors (Lipinski definition) is 7. The molecule has 0 bridgehead atoms. The molecule has 7 nitrogen and oxygen atoms in total. The van der Waals surface area contributed by atoms with Crippen LogP contribution in [0, 0.1) is 29.1 Å². The van der Waals surface area contributed by atoms with E-state index < -0.39 is 11.4 Å². The van der Waals surface area contributed by atoms with Gasteiger partial charge in [-0.3, -0.25) is 0 Å². The number of nitrogens with zero attached hydrogens (tertiary/aromatic N) is 1. The van der Waals surface area contributed by atoms with Crippen LogP contribution in [0.25, 0.3) is 0 Å². The summed E-state index contributed by atoms with van der Waals surface area (Å²) >= 11 is 0. The highest BCUT2D eigenvalue weighted by Crippen LogP contribution is 2.65. The molecule has 0 aromatic carbocycles. The Bertz CT molecular complexity index is 965. The molecule has 1 N–H and O–H groups in total. The Labute approximate surface area is 221 Å². The van der Waals surface area contributed by atoms with E-state index in [1.54, 1.807) is 0 Å². The molecular formula is C30H45NO6. The maximum absolute atomic E-state index is 12.2. The molecule has 7 atom stereocenters. The minimum atomic E-state index is -1.04. The van der Waals surface area contributed by atoms with Crippen molar-refractivity contribution in [2.45, 2.75) is 89.6 Å². The monoisotopic (exact) mass is 515 g/mol. The lowest BCUT2D eigenvalue weighted by Crippen LogP contribution is -2.53. The number of allylic oxidation sites excluding steroid dienone is 3. The van der Waals surface area contributed by atoms with E-state index in [2.05, 4.69) is 17.9 Å². The van der Waals surface area contributed by atoms with Crippen LogP contribution in [-0.4, -0.2) is 73.6 Å². The lowest BCUT2D eigenvalue weighted by Gasteiger charge is -2.50. The zero-order valence-electron chi connectivity index (χ0n) is 21.9. The molecule has 1 heterocycles. The van der Waals surface area contributed by atoms with Gasteiger partial charge in [-0.25, -0.2) is 0 Å². The lowest BCUT2D eigenvalue weighted by atomic mass is 9.60. The van der Waals surface area contributed by atoms with Gasteiger partial charge >= 0.3 is 0 Å². The molecule has 5 rings (SSSR count). The molecule has 0 aromatic heterocycles. The number of hydrogen-bond donors (Lipinski definition) is 1. The molecule has 0 radical (unpaired) electrons. The van der Waals surface area contributed by atoms with Crippen molar-refractivity contribution in [3.05, 3.63) is 22.8 Å². The van der Waals surface area contributed by atoms with Crippen molar-refractivity contribution in [3.8, 4) is 0 Å². The first-order chi connectivity index (χ1) is 17.2. The van der Waals surface area contributed by atoms with Gasteiger partial charge in [-0.2, -0.15) is 0 Å². The summed E-state index contributed by atoms with van der Waals surface area (Å²) in [6.45, 7) is 3.48. The van der Waals surface area contributed by atoms with E-state index in [1.165, 1.54) is 11.1 Å². The van der Waals surface area contributed by atoms with E-state index in [1.807, 2.05) is 14.1 Å². The second-order valence-corrected chi connectivity index (χ2v) is 12.2. The number of carbonyl (C=O) groups is 3. The summed E-state index contributed by atoms with van der Waals surface area (Å²) in [6.07, 6.45) is 10.6. The van der Waals surface area contributed by atoms with Crippen molar-refractivity contribution in [1.29, 1.82) is 0 Å². The maximum Gasteiger partial charge on any atom is 0.174 e. The van der Waals surface area contributed by atoms with E-state index >= 15 is 0 Å². The Morgan fingerprint density at radius 1 is 1.03 bits per heavy atom. The highest BCUT2D eigenvalue weighted by Gasteiger charge is 2.64. The van der Waals surface area contributed by atoms with Crippen LogP contribution in [-0.2, 0) is 23.9 Å². The third kappa shape index (κ3) is 4.30. The van der Waals surface area contributed by atoms with E-state index in [-0.39, 0.29) is 49.0 Å². The van der Waals surface area contributed by atoms with Gasteiger partial charge in [0.05, 0.1) is 18.8 Å². The smallest absolute Gasteiger partial charge is 0.174 e. The minimum Gasteiger partial charge on any atom is -0.385 e. The van der Waals surface area contributed by atoms with E-state index in [9.17, 15) is 19.5 Å². The predicted octanol–water partition coefficient (Wildman–Crippen LogP) is 3.88. The molecule has 3 fully saturated rings. The van der Waals surface area contributed by atoms with E-state index in [0.29, 0.717) is 38.9 Å². The zero-order valence-corrected chi connectivity index (χ0v) is 21.9. The molecule has 5 aliphatic rings. The van der Waals surface area contributed by atoms with Crippen LogP contribution in [0.5, 0.6) is 0 Å². The molecule has 37 heavy (non-hydrogen) atoms. The lowest BCUT2D eigenvalue weighted by molar-refractivity contribution is -0.228. The third-order valence-corrected chi connectivity index (χ3v) is 10.4. The third-order valence-electron chi connectivity index (χ3n) is 10.4. The van der Waals surface area contributed by atoms with Gasteiger partial charge < -0.3 is 33.9 Å². The summed E-state index contributed by atoms with van der Waals surface area (Å²) in [5.74, 6) is -0.540. The molecule has 1 spiro atoms. The number of aldehydes is 3. The van der Waals surface area contributed by atoms with Crippen molar-refractivity contribution >= 4 is 18.9 Å². The van der Waals surface area contributed by atoms with Crippen LogP contribution in [0.1, 0.15) is 72.1 Å². The minimum absolute atomic E-state index is 0. The van der Waals surface area contributed by atoms with Crippen LogP contribution in [0.15, 0.2) is 22.8 Å². The largest absolute Gasteiger partial charge is 0.385 e. The second-order valence-electron chi connectivity index (χ2n) is 12.2. The molecule has 1 aliphatic heterocycles. The Balaban J connectivity index is 0.00000320. The first-order valence-corrected chi connectivity index (χ1v) is 13.7. The van der Waals surface area contributed by atoms with Gasteiger partial charge in [-0.05, 0) is 81.0 Å². The topological polar surface area (TPSA) is 93.1 Å². The highest BCUT2D eigenvalue weighted by molar-refractivity contribution is 5.57. The molecule has 2 saturated carbocycles. The van der Waals surface area contributed by atoms with Gasteiger partial charge in [0.1, 0.15) is 18.9 Å². The predicted molar refractivity (Wildman–Crippen MR) is 141 cm³/mol. The van der Waals surface area contributed by atoms with Gasteiger partial charge in [0.25, 0.3) is 0 Å². The van der Waals surface area contributed by atoms with Crippen LogP contribution < -0.4 is 0 Å². The summed E-state index contributed by atoms with van der Waals surface area (Å²) in [4.78, 5) is 37.5. The van der Waals surface area contributed by atoms with Crippen LogP contribution >= 0.6 is 0 Å². The summed E-state index contributed by atoms with van der Waals surface area (Å²) in [7, 11) is 3.98. The normalized spacial score (nSPS) is 40.2. The summed E-state index contributed by atoms with van der Waals surface area (Å²) in [5, 5.41) is 12.2. The zero-order chi connectivity index (χ0) is 25.7. The van der Waals surface area contributed by atoms with Gasteiger partial charge in [-0.15, -0.1) is 0 Å². The first-order valence-electron chi connectivity index (χ1n) is 13.7. The average Bonchev–Trinajstić information content (AvgIpc) is 3.39. The quantitative estimate of drug-likeness (QED) is 0.514. The number of ether oxygens (including phenoxy) is 2. The molecular weight excluding hydrogens is 470 g/mol. The molecule has 4 aliphatic carbocycles. The van der Waals surface area contributed by atoms with Crippen molar-refractivity contribution in [2.24, 2.45) is 29.1 Å². The van der Waals surface area contributed by atoms with Gasteiger partial charge in [-0.1, -0.05) is 26.0 Å². The van der Waals surface area contributed by atoms with Gasteiger partial charge in [0.2, 0.25) is 0 Å². The van der Waals surface area contributed by atoms with Crippen molar-refractivity contribution in [1.82, 2.24) is 4.90 Å². The summed E-state index contributed by atoms with van der Waals surface area (Å²) < 4.78 is 12.6. The fourth-order valence-corrected chi connectivity index (χ4v) is 8.79. The van der Waals surface area contributed by atoms with Gasteiger partial charge in [0.15, 0.2) is 5.79 Å². The first kappa shape index (κ1) is 28.3. The van der Waals surface area contributed by atoms with E-state index in [0.717, 1.165) is 50.1 Å². The number of carbonyl (C=O) groups excluding carboxylic acids is 3. The summed E-state index contributed by atoms with van der Waals surface area (Å²) in [6, 6.07) is 0.00325. The highest BCUT2D eigenvalue weighted by atomic mass is 16.7. The Morgan fingerprint density at radius 2 is 1.70 bits per heavy atom. The Hall–Kier alpha value is -1.67. The number of fused-ring (bicyclic) bond motifs is 4. The molecule has 1 saturated heterocycles. The fraction of sp³-hybridized carbons (Fsp3) is 0.767. The van der Waals surface area contributed by atoms with Crippen LogP contribution in [0.3, 0.4) is 0 Å². The number of aliphatic hydroxyl groups is 1. The molecule has 0 aromatic rings. The van der Waals surface area contributed by atoms with Gasteiger partial charge in [0, 0.05) is 37.1 Å². The maximum atomic E-state index is 12.2. The molecule has 7 heteroatoms. The summed E-state index contributed by atoms with van der Waals surface area (Å²) in [5.41, 5.74) is 2.14. The average molecular weight is 516 g/mol. The van der Waals surface area contributed by atoms with E-state index in [4.69, 9.17) is 9.47 Å². The molecule has 1 unspecified atom stereocenters. The van der Waals surface area contributed by atoms with Crippen molar-refractivity contribution in [2.75, 3.05) is 27.3 Å². The molecule has 206 valence electrons. The van der Waals surface area contributed by atoms with Crippen molar-refractivity contribution < 1.29 is 29.0 Å².